The van der Waals surface area contributed by atoms with E-state index in [1.54, 1.807) is 0 Å². The Balaban J connectivity index is -0.0000000595. The standard InChI is InChI=1S/C8H9.C7H8.C6H5.2C2H6.CH4.3W/c1-2-8-6-4-3-5-7-8;1-7-5-3-2-4-6-7;1-2-4-6-5-3-1;2*1-2;;;;/h3-6H,2H2,1H3;2-6H,1H3;1-5H;2*1-2H3;1H4;;;/q-1;;-1;;;;;;. The van der Waals surface area contributed by atoms with Gasteiger partial charge in [0.05, 0.1) is 0 Å². The molecule has 0 aliphatic carbocycles. The molecule has 0 amide bonds. The van der Waals surface area contributed by atoms with Crippen molar-refractivity contribution in [1.29, 1.82) is 0 Å². The summed E-state index contributed by atoms with van der Waals surface area (Å²) in [6.07, 6.45) is 1.08. The van der Waals surface area contributed by atoms with E-state index in [0.717, 1.165) is 6.42 Å². The van der Waals surface area contributed by atoms with Crippen LogP contribution in [0.3, 0.4) is 0 Å². The zero-order chi connectivity index (χ0) is 19.2. The van der Waals surface area contributed by atoms with E-state index in [2.05, 4.69) is 44.2 Å². The molecule has 0 saturated heterocycles. The first kappa shape index (κ1) is 42.8. The summed E-state index contributed by atoms with van der Waals surface area (Å²) in [5, 5.41) is 0. The zero-order valence-electron chi connectivity index (χ0n) is 18.0. The van der Waals surface area contributed by atoms with Gasteiger partial charge in [-0.2, -0.15) is 72.3 Å². The van der Waals surface area contributed by atoms with Crippen LogP contribution in [-0.2, 0) is 69.6 Å². The third kappa shape index (κ3) is 32.6. The summed E-state index contributed by atoms with van der Waals surface area (Å²) in [4.78, 5) is 0. The van der Waals surface area contributed by atoms with Gasteiger partial charge in [0.25, 0.3) is 0 Å². The van der Waals surface area contributed by atoms with Gasteiger partial charge in [0.1, 0.15) is 0 Å². The van der Waals surface area contributed by atoms with Crippen molar-refractivity contribution in [2.24, 2.45) is 0 Å². The van der Waals surface area contributed by atoms with Crippen molar-refractivity contribution in [3.63, 3.8) is 0 Å². The van der Waals surface area contributed by atoms with Crippen LogP contribution in [0.5, 0.6) is 0 Å². The molecule has 29 heavy (non-hydrogen) atoms. The molecular weight excluding hydrogens is 864 g/mol. The Labute approximate surface area is 225 Å². The van der Waals surface area contributed by atoms with Crippen molar-refractivity contribution in [3.05, 3.63) is 108 Å². The SMILES string of the molecule is C.CC.CC.CCc1[c-]cccc1.Cc1ccccc1.[W].[W].[W].[c-]1ccccc1. The molecule has 0 aliphatic heterocycles. The van der Waals surface area contributed by atoms with Gasteiger partial charge in [-0.1, -0.05) is 84.4 Å². The second-order valence-corrected chi connectivity index (χ2v) is 4.47. The van der Waals surface area contributed by atoms with E-state index in [-0.39, 0.29) is 70.6 Å². The van der Waals surface area contributed by atoms with Crippen molar-refractivity contribution in [3.8, 4) is 0 Å². The Morgan fingerprint density at radius 2 is 1.03 bits per heavy atom. The summed E-state index contributed by atoms with van der Waals surface area (Å²) in [6, 6.07) is 33.9. The first-order chi connectivity index (χ1) is 12.3. The molecule has 0 N–H and O–H groups in total. The van der Waals surface area contributed by atoms with Gasteiger partial charge in [-0.3, -0.25) is 0 Å². The van der Waals surface area contributed by atoms with Crippen LogP contribution in [0, 0.1) is 19.1 Å². The van der Waals surface area contributed by atoms with Crippen LogP contribution in [0.2, 0.25) is 0 Å². The second kappa shape index (κ2) is 38.3. The molecular formula is C26H38W3-2. The largest absolute Gasteiger partial charge is 0.184 e. The summed E-state index contributed by atoms with van der Waals surface area (Å²) in [5.74, 6) is 0. The molecule has 0 radical (unpaired) electrons. The van der Waals surface area contributed by atoms with Gasteiger partial charge in [0, 0.05) is 63.2 Å². The van der Waals surface area contributed by atoms with Gasteiger partial charge in [0.15, 0.2) is 0 Å². The minimum atomic E-state index is 0. The maximum Gasteiger partial charge on any atom is 0 e. The number of hydrogen-bond acceptors (Lipinski definition) is 0. The Morgan fingerprint density at radius 3 is 1.24 bits per heavy atom. The van der Waals surface area contributed by atoms with Crippen molar-refractivity contribution in [2.75, 3.05) is 0 Å². The molecule has 3 aromatic carbocycles. The van der Waals surface area contributed by atoms with Crippen molar-refractivity contribution < 1.29 is 63.2 Å². The van der Waals surface area contributed by atoms with E-state index in [1.165, 1.54) is 11.1 Å². The molecule has 0 saturated carbocycles. The van der Waals surface area contributed by atoms with Gasteiger partial charge in [-0.05, 0) is 6.92 Å². The maximum absolute atomic E-state index is 3.12. The van der Waals surface area contributed by atoms with Crippen LogP contribution in [0.15, 0.2) is 84.9 Å². The normalized spacial score (nSPS) is 6.69. The molecule has 162 valence electrons. The van der Waals surface area contributed by atoms with Gasteiger partial charge in [0.2, 0.25) is 0 Å². The van der Waals surface area contributed by atoms with Crippen LogP contribution in [0.4, 0.5) is 0 Å². The third-order valence-electron chi connectivity index (χ3n) is 2.70. The Bertz CT molecular complexity index is 528. The fourth-order valence-corrected chi connectivity index (χ4v) is 1.53. The number of hydrogen-bond donors (Lipinski definition) is 0. The van der Waals surface area contributed by atoms with Gasteiger partial charge >= 0.3 is 0 Å². The van der Waals surface area contributed by atoms with E-state index in [0.29, 0.717) is 0 Å². The fourth-order valence-electron chi connectivity index (χ4n) is 1.53. The molecule has 0 aromatic heterocycles. The maximum atomic E-state index is 3.12. The molecule has 3 rings (SSSR count). The fraction of sp³-hybridized carbons (Fsp3) is 0.308. The van der Waals surface area contributed by atoms with Crippen LogP contribution in [0.1, 0.15) is 53.2 Å². The van der Waals surface area contributed by atoms with Crippen LogP contribution >= 0.6 is 0 Å². The molecule has 0 heterocycles. The molecule has 3 aromatic rings. The molecule has 0 bridgehead atoms. The van der Waals surface area contributed by atoms with Gasteiger partial charge in [-0.25, -0.2) is 0 Å². The van der Waals surface area contributed by atoms with Crippen molar-refractivity contribution in [2.45, 2.75) is 55.4 Å². The number of rotatable bonds is 1. The third-order valence-corrected chi connectivity index (χ3v) is 2.70. The van der Waals surface area contributed by atoms with Crippen LogP contribution < -0.4 is 0 Å². The summed E-state index contributed by atoms with van der Waals surface area (Å²) in [7, 11) is 0. The molecule has 0 nitrogen and oxygen atoms in total. The van der Waals surface area contributed by atoms with E-state index in [4.69, 9.17) is 0 Å². The number of aryl methyl sites for hydroxylation is 2. The minimum Gasteiger partial charge on any atom is -0.184 e. The monoisotopic (exact) mass is 902 g/mol. The minimum absolute atomic E-state index is 0. The summed E-state index contributed by atoms with van der Waals surface area (Å²) < 4.78 is 0. The Morgan fingerprint density at radius 1 is 0.621 bits per heavy atom. The smallest absolute Gasteiger partial charge is 0 e. The predicted octanol–water partition coefficient (Wildman–Crippen LogP) is 8.21. The average molecular weight is 902 g/mol. The Kier molecular flexibility index (Phi) is 56.5. The van der Waals surface area contributed by atoms with Gasteiger partial charge in [-0.15, -0.1) is 0 Å². The van der Waals surface area contributed by atoms with Crippen LogP contribution in [-0.4, -0.2) is 0 Å². The summed E-state index contributed by atoms with van der Waals surface area (Å²) in [5.41, 5.74) is 2.61. The summed E-state index contributed by atoms with van der Waals surface area (Å²) >= 11 is 0. The molecule has 0 fully saturated rings. The van der Waals surface area contributed by atoms with E-state index >= 15 is 0 Å². The van der Waals surface area contributed by atoms with Crippen molar-refractivity contribution in [1.82, 2.24) is 0 Å². The first-order valence-corrected chi connectivity index (χ1v) is 9.21. The predicted molar refractivity (Wildman–Crippen MR) is 121 cm³/mol. The summed E-state index contributed by atoms with van der Waals surface area (Å²) in [6.45, 7) is 12.2. The topological polar surface area (TPSA) is 0 Å². The second-order valence-electron chi connectivity index (χ2n) is 4.47. The van der Waals surface area contributed by atoms with E-state index in [1.807, 2.05) is 94.4 Å². The van der Waals surface area contributed by atoms with Crippen molar-refractivity contribution >= 4 is 0 Å². The van der Waals surface area contributed by atoms with E-state index < -0.39 is 0 Å². The molecule has 3 heteroatoms. The molecule has 0 unspecified atom stereocenters. The molecule has 0 spiro atoms. The molecule has 0 aliphatic rings. The quantitative estimate of drug-likeness (QED) is 0.216. The molecule has 0 atom stereocenters. The van der Waals surface area contributed by atoms with Crippen LogP contribution in [0.25, 0.3) is 0 Å². The van der Waals surface area contributed by atoms with E-state index in [9.17, 15) is 0 Å². The van der Waals surface area contributed by atoms with Gasteiger partial charge < -0.3 is 0 Å². The zero-order valence-corrected chi connectivity index (χ0v) is 26.8. The Hall–Kier alpha value is -0.275. The number of benzene rings is 3. The average Bonchev–Trinajstić information content (AvgIpc) is 2.74. The first-order valence-electron chi connectivity index (χ1n) is 9.21.